The molecule has 0 atom stereocenters. The molecule has 0 bridgehead atoms. The number of nitrogen functional groups attached to an aromatic ring is 1. The highest BCUT2D eigenvalue weighted by atomic mass is 32.2. The number of ether oxygens (including phenoxy) is 2. The largest absolute Gasteiger partial charge is 0.454 e. The molecule has 156 valence electrons. The number of imidazole rings is 1. The van der Waals surface area contributed by atoms with Crippen LogP contribution in [0.1, 0.15) is 32.8 Å². The Balaban J connectivity index is 1.67. The maximum Gasteiger partial charge on any atom is 0.231 e. The molecule has 0 radical (unpaired) electrons. The van der Waals surface area contributed by atoms with Crippen LogP contribution in [0, 0.1) is 12.3 Å². The lowest BCUT2D eigenvalue weighted by Crippen LogP contribution is -2.36. The molecule has 3 heterocycles. The summed E-state index contributed by atoms with van der Waals surface area (Å²) in [6.07, 6.45) is 8.11. The average molecular weight is 425 g/mol. The molecular formula is C21H24N6O2S. The predicted octanol–water partition coefficient (Wildman–Crippen LogP) is 3.05. The Morgan fingerprint density at radius 3 is 2.77 bits per heavy atom. The van der Waals surface area contributed by atoms with Crippen molar-refractivity contribution in [2.75, 3.05) is 19.1 Å². The van der Waals surface area contributed by atoms with Gasteiger partial charge in [-0.2, -0.15) is 0 Å². The Bertz CT molecular complexity index is 1130. The van der Waals surface area contributed by atoms with Crippen molar-refractivity contribution in [3.8, 4) is 23.8 Å². The zero-order valence-electron chi connectivity index (χ0n) is 17.2. The first-order valence-electron chi connectivity index (χ1n) is 9.65. The average Bonchev–Trinajstić information content (AvgIpc) is 3.29. The van der Waals surface area contributed by atoms with Crippen molar-refractivity contribution in [3.63, 3.8) is 0 Å². The third-order valence-corrected chi connectivity index (χ3v) is 5.62. The number of nitrogens with two attached hydrogens (primary N) is 1. The molecule has 0 unspecified atom stereocenters. The summed E-state index contributed by atoms with van der Waals surface area (Å²) in [6.45, 7) is 8.24. The van der Waals surface area contributed by atoms with Crippen LogP contribution in [0.2, 0.25) is 0 Å². The number of aromatic nitrogens is 4. The van der Waals surface area contributed by atoms with Crippen molar-refractivity contribution < 1.29 is 9.47 Å². The first-order chi connectivity index (χ1) is 14.4. The van der Waals surface area contributed by atoms with E-state index in [1.807, 2.05) is 12.1 Å². The lowest BCUT2D eigenvalue weighted by atomic mass is 10.1. The van der Waals surface area contributed by atoms with Crippen LogP contribution in [0.5, 0.6) is 11.5 Å². The smallest absolute Gasteiger partial charge is 0.231 e. The van der Waals surface area contributed by atoms with Crippen molar-refractivity contribution >= 4 is 28.7 Å². The van der Waals surface area contributed by atoms with Crippen LogP contribution < -0.4 is 20.5 Å². The number of nitrogens with one attached hydrogen (secondary N) is 1. The molecule has 0 saturated heterocycles. The molecule has 8 nitrogen and oxygen atoms in total. The fourth-order valence-electron chi connectivity index (χ4n) is 3.13. The van der Waals surface area contributed by atoms with E-state index in [0.29, 0.717) is 28.5 Å². The molecule has 3 aromatic rings. The second-order valence-electron chi connectivity index (χ2n) is 7.96. The minimum Gasteiger partial charge on any atom is -0.454 e. The van der Waals surface area contributed by atoms with E-state index in [2.05, 4.69) is 46.5 Å². The third kappa shape index (κ3) is 4.15. The molecule has 9 heteroatoms. The van der Waals surface area contributed by atoms with E-state index >= 15 is 0 Å². The van der Waals surface area contributed by atoms with Crippen LogP contribution in [0.4, 0.5) is 5.82 Å². The summed E-state index contributed by atoms with van der Waals surface area (Å²) in [7, 11) is 0. The van der Waals surface area contributed by atoms with Gasteiger partial charge in [0.25, 0.3) is 0 Å². The second kappa shape index (κ2) is 8.05. The van der Waals surface area contributed by atoms with Gasteiger partial charge in [0.2, 0.25) is 6.79 Å². The van der Waals surface area contributed by atoms with Crippen LogP contribution in [0.25, 0.3) is 11.2 Å². The Hall–Kier alpha value is -2.96. The minimum atomic E-state index is 0.0648. The molecule has 0 saturated carbocycles. The number of terminal acetylenes is 1. The Morgan fingerprint density at radius 2 is 2.03 bits per heavy atom. The summed E-state index contributed by atoms with van der Waals surface area (Å²) in [4.78, 5) is 14.1. The highest BCUT2D eigenvalue weighted by molar-refractivity contribution is 7.99. The minimum absolute atomic E-state index is 0.0648. The molecule has 0 spiro atoms. The third-order valence-electron chi connectivity index (χ3n) is 4.57. The lowest BCUT2D eigenvalue weighted by Gasteiger charge is -2.20. The molecule has 0 amide bonds. The number of aryl methyl sites for hydroxylation is 1. The molecule has 3 N–H and O–H groups in total. The van der Waals surface area contributed by atoms with E-state index < -0.39 is 0 Å². The molecule has 1 aromatic carbocycles. The molecule has 0 fully saturated rings. The summed E-state index contributed by atoms with van der Waals surface area (Å²) in [5.41, 5.74) is 8.14. The Morgan fingerprint density at radius 1 is 1.27 bits per heavy atom. The summed E-state index contributed by atoms with van der Waals surface area (Å²) >= 11 is 1.46. The number of rotatable bonds is 6. The van der Waals surface area contributed by atoms with Crippen LogP contribution in [0.3, 0.4) is 0 Å². The van der Waals surface area contributed by atoms with Crippen molar-refractivity contribution in [1.29, 1.82) is 0 Å². The standard InChI is InChI=1S/C21H24N6O2S/c1-5-13-9-14-15(29-12-28-14)10-16(13)30-20-26-17-18(22)23-11-24-19(17)27(20)8-6-7-25-21(2,3)4/h1,9-11,25H,6-8,12H2,2-4H3,(H2,22,23,24). The van der Waals surface area contributed by atoms with E-state index in [-0.39, 0.29) is 12.3 Å². The van der Waals surface area contributed by atoms with Gasteiger partial charge in [-0.25, -0.2) is 15.0 Å². The van der Waals surface area contributed by atoms with Gasteiger partial charge in [-0.1, -0.05) is 17.7 Å². The molecule has 0 aliphatic carbocycles. The first kappa shape index (κ1) is 20.3. The zero-order chi connectivity index (χ0) is 21.3. The molecule has 2 aromatic heterocycles. The van der Waals surface area contributed by atoms with Gasteiger partial charge >= 0.3 is 0 Å². The molecule has 1 aliphatic heterocycles. The zero-order valence-corrected chi connectivity index (χ0v) is 18.0. The fourth-order valence-corrected chi connectivity index (χ4v) is 4.15. The van der Waals surface area contributed by atoms with Gasteiger partial charge in [-0.05, 0) is 39.8 Å². The summed E-state index contributed by atoms with van der Waals surface area (Å²) in [6, 6.07) is 3.71. The molecule has 1 aliphatic rings. The number of nitrogens with zero attached hydrogens (tertiary/aromatic N) is 4. The molecular weight excluding hydrogens is 400 g/mol. The Kier molecular flexibility index (Phi) is 5.45. The van der Waals surface area contributed by atoms with Crippen LogP contribution in [-0.2, 0) is 6.54 Å². The summed E-state index contributed by atoms with van der Waals surface area (Å²) < 4.78 is 13.0. The van der Waals surface area contributed by atoms with E-state index in [1.165, 1.54) is 18.1 Å². The number of benzene rings is 1. The predicted molar refractivity (Wildman–Crippen MR) is 117 cm³/mol. The number of hydrogen-bond donors (Lipinski definition) is 2. The quantitative estimate of drug-likeness (QED) is 0.460. The Labute approximate surface area is 179 Å². The summed E-state index contributed by atoms with van der Waals surface area (Å²) in [5, 5.41) is 4.26. The van der Waals surface area contributed by atoms with E-state index in [1.54, 1.807) is 0 Å². The van der Waals surface area contributed by atoms with Crippen molar-refractivity contribution in [3.05, 3.63) is 24.0 Å². The van der Waals surface area contributed by atoms with Crippen LogP contribution in [0.15, 0.2) is 28.5 Å². The van der Waals surface area contributed by atoms with Crippen molar-refractivity contribution in [2.24, 2.45) is 0 Å². The lowest BCUT2D eigenvalue weighted by molar-refractivity contribution is 0.174. The van der Waals surface area contributed by atoms with Gasteiger partial charge in [0.05, 0.1) is 0 Å². The van der Waals surface area contributed by atoms with Gasteiger partial charge in [0.1, 0.15) is 6.33 Å². The van der Waals surface area contributed by atoms with Gasteiger partial charge in [0.15, 0.2) is 33.6 Å². The maximum atomic E-state index is 6.06. The SMILES string of the molecule is C#Cc1cc2c(cc1Sc1nc3c(N)ncnc3n1CCCNC(C)(C)C)OCO2. The number of fused-ring (bicyclic) bond motifs is 2. The van der Waals surface area contributed by atoms with Crippen molar-refractivity contribution in [1.82, 2.24) is 24.8 Å². The van der Waals surface area contributed by atoms with E-state index in [4.69, 9.17) is 26.6 Å². The molecule has 4 rings (SSSR count). The number of hydrogen-bond acceptors (Lipinski definition) is 8. The molecule has 30 heavy (non-hydrogen) atoms. The topological polar surface area (TPSA) is 100 Å². The first-order valence-corrected chi connectivity index (χ1v) is 10.5. The normalized spacial score (nSPS) is 13.0. The van der Waals surface area contributed by atoms with Crippen molar-refractivity contribution in [2.45, 2.75) is 49.3 Å². The summed E-state index contributed by atoms with van der Waals surface area (Å²) in [5.74, 6) is 4.41. The highest BCUT2D eigenvalue weighted by Crippen LogP contribution is 2.41. The van der Waals surface area contributed by atoms with Gasteiger partial charge < -0.3 is 25.1 Å². The maximum absolute atomic E-state index is 6.06. The second-order valence-corrected chi connectivity index (χ2v) is 8.96. The van der Waals surface area contributed by atoms with Gasteiger partial charge in [0, 0.05) is 28.6 Å². The van der Waals surface area contributed by atoms with E-state index in [0.717, 1.165) is 35.1 Å². The van der Waals surface area contributed by atoms with Crippen LogP contribution >= 0.6 is 11.8 Å². The van der Waals surface area contributed by atoms with Gasteiger partial charge in [-0.15, -0.1) is 6.42 Å². The number of anilines is 1. The van der Waals surface area contributed by atoms with E-state index in [9.17, 15) is 0 Å². The highest BCUT2D eigenvalue weighted by Gasteiger charge is 2.21. The van der Waals surface area contributed by atoms with Crippen LogP contribution in [-0.4, -0.2) is 38.4 Å². The van der Waals surface area contributed by atoms with Gasteiger partial charge in [-0.3, -0.25) is 0 Å². The fraction of sp³-hybridized carbons (Fsp3) is 0.381. The monoisotopic (exact) mass is 424 g/mol.